The minimum atomic E-state index is -0.851. The lowest BCUT2D eigenvalue weighted by molar-refractivity contribution is 0.203. The summed E-state index contributed by atoms with van der Waals surface area (Å²) in [5.41, 5.74) is 2.10. The number of hydrogen-bond acceptors (Lipinski definition) is 3. The highest BCUT2D eigenvalue weighted by Crippen LogP contribution is 2.32. The van der Waals surface area contributed by atoms with E-state index in [1.54, 1.807) is 17.9 Å². The molecule has 0 amide bonds. The van der Waals surface area contributed by atoms with Gasteiger partial charge in [-0.15, -0.1) is 0 Å². The highest BCUT2D eigenvalue weighted by atomic mass is 79.9. The van der Waals surface area contributed by atoms with E-state index in [0.717, 1.165) is 19.8 Å². The van der Waals surface area contributed by atoms with Gasteiger partial charge in [-0.25, -0.2) is 4.98 Å². The average molecular weight is 397 g/mol. The predicted octanol–water partition coefficient (Wildman–Crippen LogP) is 3.58. The SMILES string of the molecule is Cn1ncc(Br)c1C(O)c1nc2ccccc2cc1Br. The molecule has 1 N–H and O–H groups in total. The average Bonchev–Trinajstić information content (AvgIpc) is 2.76. The van der Waals surface area contributed by atoms with Crippen LogP contribution in [-0.2, 0) is 7.05 Å². The summed E-state index contributed by atoms with van der Waals surface area (Å²) < 4.78 is 3.17. The smallest absolute Gasteiger partial charge is 0.140 e. The Hall–Kier alpha value is -1.24. The van der Waals surface area contributed by atoms with Crippen molar-refractivity contribution in [3.05, 3.63) is 56.9 Å². The third-order valence-electron chi connectivity index (χ3n) is 3.16. The monoisotopic (exact) mass is 395 g/mol. The van der Waals surface area contributed by atoms with E-state index >= 15 is 0 Å². The standard InChI is InChI=1S/C14H11Br2N3O/c1-19-13(10(16)7-17-19)14(20)12-9(15)6-8-4-2-3-5-11(8)18-12/h2-7,14,20H,1H3. The van der Waals surface area contributed by atoms with Gasteiger partial charge in [-0.05, 0) is 44.0 Å². The van der Waals surface area contributed by atoms with E-state index in [1.807, 2.05) is 30.3 Å². The molecule has 1 aromatic carbocycles. The van der Waals surface area contributed by atoms with E-state index < -0.39 is 6.10 Å². The Kier molecular flexibility index (Phi) is 3.62. The molecular formula is C14H11Br2N3O. The number of aliphatic hydroxyl groups excluding tert-OH is 1. The van der Waals surface area contributed by atoms with E-state index in [0.29, 0.717) is 11.4 Å². The van der Waals surface area contributed by atoms with Crippen LogP contribution in [0, 0.1) is 0 Å². The van der Waals surface area contributed by atoms with Crippen LogP contribution in [0.1, 0.15) is 17.5 Å². The number of halogens is 2. The van der Waals surface area contributed by atoms with Crippen LogP contribution in [0.5, 0.6) is 0 Å². The number of aromatic nitrogens is 3. The van der Waals surface area contributed by atoms with Gasteiger partial charge in [0.15, 0.2) is 0 Å². The maximum absolute atomic E-state index is 10.6. The molecule has 0 radical (unpaired) electrons. The largest absolute Gasteiger partial charge is 0.380 e. The molecule has 1 atom stereocenters. The van der Waals surface area contributed by atoms with Gasteiger partial charge in [-0.3, -0.25) is 4.68 Å². The summed E-state index contributed by atoms with van der Waals surface area (Å²) in [6.45, 7) is 0. The zero-order valence-corrected chi connectivity index (χ0v) is 13.8. The van der Waals surface area contributed by atoms with Gasteiger partial charge in [0.05, 0.1) is 27.6 Å². The van der Waals surface area contributed by atoms with Gasteiger partial charge in [0.25, 0.3) is 0 Å². The molecule has 4 nitrogen and oxygen atoms in total. The highest BCUT2D eigenvalue weighted by Gasteiger charge is 2.22. The molecule has 20 heavy (non-hydrogen) atoms. The topological polar surface area (TPSA) is 50.9 Å². The number of pyridine rings is 1. The Bertz CT molecular complexity index is 766. The first-order valence-electron chi connectivity index (χ1n) is 5.98. The van der Waals surface area contributed by atoms with Gasteiger partial charge in [0.1, 0.15) is 6.10 Å². The molecule has 3 aromatic rings. The lowest BCUT2D eigenvalue weighted by Crippen LogP contribution is -2.09. The van der Waals surface area contributed by atoms with Crippen molar-refractivity contribution >= 4 is 42.8 Å². The van der Waals surface area contributed by atoms with Crippen LogP contribution in [0.15, 0.2) is 45.5 Å². The quantitative estimate of drug-likeness (QED) is 0.720. The molecule has 0 saturated carbocycles. The summed E-state index contributed by atoms with van der Waals surface area (Å²) in [5.74, 6) is 0. The first-order valence-corrected chi connectivity index (χ1v) is 7.57. The molecule has 6 heteroatoms. The van der Waals surface area contributed by atoms with E-state index in [-0.39, 0.29) is 0 Å². The second-order valence-corrected chi connectivity index (χ2v) is 6.16. The summed E-state index contributed by atoms with van der Waals surface area (Å²) in [5, 5.41) is 15.7. The van der Waals surface area contributed by atoms with Crippen LogP contribution in [0.4, 0.5) is 0 Å². The van der Waals surface area contributed by atoms with E-state index in [1.165, 1.54) is 0 Å². The molecule has 1 unspecified atom stereocenters. The molecule has 2 heterocycles. The normalized spacial score (nSPS) is 12.8. The van der Waals surface area contributed by atoms with Crippen molar-refractivity contribution in [1.29, 1.82) is 0 Å². The molecule has 102 valence electrons. The molecule has 2 aromatic heterocycles. The molecule has 0 fully saturated rings. The van der Waals surface area contributed by atoms with Gasteiger partial charge < -0.3 is 5.11 Å². The second-order valence-electron chi connectivity index (χ2n) is 4.45. The molecule has 0 spiro atoms. The van der Waals surface area contributed by atoms with Crippen molar-refractivity contribution in [2.45, 2.75) is 6.10 Å². The fourth-order valence-corrected chi connectivity index (χ4v) is 3.27. The van der Waals surface area contributed by atoms with Crippen molar-refractivity contribution in [1.82, 2.24) is 14.8 Å². The number of nitrogens with zero attached hydrogens (tertiary/aromatic N) is 3. The molecule has 0 aliphatic rings. The van der Waals surface area contributed by atoms with Crippen molar-refractivity contribution in [2.75, 3.05) is 0 Å². The summed E-state index contributed by atoms with van der Waals surface area (Å²) in [6.07, 6.45) is 0.809. The number of hydrogen-bond donors (Lipinski definition) is 1. The third-order valence-corrected chi connectivity index (χ3v) is 4.41. The van der Waals surface area contributed by atoms with Crippen LogP contribution in [0.2, 0.25) is 0 Å². The number of aryl methyl sites for hydroxylation is 1. The van der Waals surface area contributed by atoms with Crippen LogP contribution in [0.25, 0.3) is 10.9 Å². The lowest BCUT2D eigenvalue weighted by atomic mass is 10.1. The fourth-order valence-electron chi connectivity index (χ4n) is 2.15. The molecule has 0 aliphatic carbocycles. The number of benzene rings is 1. The van der Waals surface area contributed by atoms with Crippen molar-refractivity contribution in [3.63, 3.8) is 0 Å². The Morgan fingerprint density at radius 2 is 1.95 bits per heavy atom. The van der Waals surface area contributed by atoms with E-state index in [9.17, 15) is 5.11 Å². The minimum absolute atomic E-state index is 0.577. The number of para-hydroxylation sites is 1. The van der Waals surface area contributed by atoms with Gasteiger partial charge in [-0.1, -0.05) is 18.2 Å². The second kappa shape index (κ2) is 5.27. The minimum Gasteiger partial charge on any atom is -0.380 e. The Morgan fingerprint density at radius 3 is 2.65 bits per heavy atom. The van der Waals surface area contributed by atoms with Gasteiger partial charge in [0.2, 0.25) is 0 Å². The maximum atomic E-state index is 10.6. The Morgan fingerprint density at radius 1 is 1.20 bits per heavy atom. The van der Waals surface area contributed by atoms with Crippen LogP contribution in [0.3, 0.4) is 0 Å². The summed E-state index contributed by atoms with van der Waals surface area (Å²) in [4.78, 5) is 4.55. The van der Waals surface area contributed by atoms with Gasteiger partial charge in [-0.2, -0.15) is 5.10 Å². The van der Waals surface area contributed by atoms with E-state index in [4.69, 9.17) is 0 Å². The first-order chi connectivity index (χ1) is 9.58. The Labute approximate surface area is 132 Å². The van der Waals surface area contributed by atoms with Gasteiger partial charge >= 0.3 is 0 Å². The van der Waals surface area contributed by atoms with Gasteiger partial charge in [0, 0.05) is 16.9 Å². The fraction of sp³-hybridized carbons (Fsp3) is 0.143. The maximum Gasteiger partial charge on any atom is 0.140 e. The molecule has 0 bridgehead atoms. The Balaban J connectivity index is 2.16. The van der Waals surface area contributed by atoms with Crippen molar-refractivity contribution < 1.29 is 5.11 Å². The zero-order valence-electron chi connectivity index (χ0n) is 10.6. The summed E-state index contributed by atoms with van der Waals surface area (Å²) >= 11 is 6.89. The molecule has 3 rings (SSSR count). The van der Waals surface area contributed by atoms with Crippen LogP contribution >= 0.6 is 31.9 Å². The van der Waals surface area contributed by atoms with Crippen LogP contribution < -0.4 is 0 Å². The molecule has 0 saturated heterocycles. The molecular weight excluding hydrogens is 386 g/mol. The number of fused-ring (bicyclic) bond motifs is 1. The highest BCUT2D eigenvalue weighted by molar-refractivity contribution is 9.10. The van der Waals surface area contributed by atoms with Crippen molar-refractivity contribution in [3.8, 4) is 0 Å². The molecule has 0 aliphatic heterocycles. The predicted molar refractivity (Wildman–Crippen MR) is 84.4 cm³/mol. The van der Waals surface area contributed by atoms with Crippen molar-refractivity contribution in [2.24, 2.45) is 7.05 Å². The third kappa shape index (κ3) is 2.28. The first kappa shape index (κ1) is 13.7. The summed E-state index contributed by atoms with van der Waals surface area (Å²) in [6, 6.07) is 9.77. The number of rotatable bonds is 2. The van der Waals surface area contributed by atoms with E-state index in [2.05, 4.69) is 41.9 Å². The van der Waals surface area contributed by atoms with Crippen LogP contribution in [-0.4, -0.2) is 19.9 Å². The lowest BCUT2D eigenvalue weighted by Gasteiger charge is -2.14. The summed E-state index contributed by atoms with van der Waals surface area (Å²) in [7, 11) is 1.79. The zero-order chi connectivity index (χ0) is 14.3. The number of aliphatic hydroxyl groups is 1.